The van der Waals surface area contributed by atoms with Gasteiger partial charge in [0.15, 0.2) is 0 Å². The standard InChI is InChI=1S/C11H12F6N2O4/c1-4(2)3-5(6(20)21)19-7(22)9(10(12,13)14,11(15,16)17)18-8(19)23/h4-5H,3H2,1-2H3,(H,18,23)(H,20,21)/t5-/m1/s1. The lowest BCUT2D eigenvalue weighted by Gasteiger charge is -2.31. The van der Waals surface area contributed by atoms with E-state index >= 15 is 0 Å². The summed E-state index contributed by atoms with van der Waals surface area (Å²) < 4.78 is 77.4. The summed E-state index contributed by atoms with van der Waals surface area (Å²) in [5.74, 6) is -5.10. The monoisotopic (exact) mass is 350 g/mol. The SMILES string of the molecule is CC(C)C[C@H](C(=O)O)N1C(=O)NC(C(F)(F)F)(C(F)(F)F)C1=O. The molecule has 3 amide bonds. The van der Waals surface area contributed by atoms with Crippen molar-refractivity contribution in [2.75, 3.05) is 0 Å². The topological polar surface area (TPSA) is 86.7 Å². The Bertz CT molecular complexity index is 514. The zero-order chi connectivity index (χ0) is 18.4. The third kappa shape index (κ3) is 2.93. The first-order valence-corrected chi connectivity index (χ1v) is 6.19. The molecule has 6 nitrogen and oxygen atoms in total. The van der Waals surface area contributed by atoms with Crippen molar-refractivity contribution in [1.29, 1.82) is 0 Å². The number of nitrogens with zero attached hydrogens (tertiary/aromatic N) is 1. The van der Waals surface area contributed by atoms with Crippen LogP contribution in [0, 0.1) is 5.92 Å². The van der Waals surface area contributed by atoms with E-state index < -0.39 is 59.1 Å². The summed E-state index contributed by atoms with van der Waals surface area (Å²) in [6.07, 6.45) is -12.9. The number of aliphatic carboxylic acids is 1. The number of halogens is 6. The molecule has 1 saturated heterocycles. The Balaban J connectivity index is 3.44. The average Bonchev–Trinajstić information content (AvgIpc) is 2.57. The summed E-state index contributed by atoms with van der Waals surface area (Å²) in [7, 11) is 0. The Kier molecular flexibility index (Phi) is 4.61. The van der Waals surface area contributed by atoms with Gasteiger partial charge in [-0.1, -0.05) is 13.8 Å². The number of hydrogen-bond acceptors (Lipinski definition) is 3. The number of rotatable bonds is 4. The number of amides is 3. The first-order chi connectivity index (χ1) is 10.2. The number of carboxylic acid groups (broad SMARTS) is 1. The molecular formula is C11H12F6N2O4. The highest BCUT2D eigenvalue weighted by molar-refractivity contribution is 6.10. The Hall–Kier alpha value is -2.01. The van der Waals surface area contributed by atoms with Crippen LogP contribution in [0.2, 0.25) is 0 Å². The van der Waals surface area contributed by atoms with Crippen LogP contribution in [0.5, 0.6) is 0 Å². The Morgan fingerprint density at radius 3 is 1.87 bits per heavy atom. The van der Waals surface area contributed by atoms with Crippen LogP contribution in [-0.4, -0.2) is 51.8 Å². The summed E-state index contributed by atoms with van der Waals surface area (Å²) in [5, 5.41) is 9.54. The fourth-order valence-electron chi connectivity index (χ4n) is 2.14. The van der Waals surface area contributed by atoms with Crippen molar-refractivity contribution in [1.82, 2.24) is 10.2 Å². The smallest absolute Gasteiger partial charge is 0.429 e. The number of carbonyl (C=O) groups is 3. The molecule has 0 aromatic heterocycles. The van der Waals surface area contributed by atoms with Gasteiger partial charge in [0.25, 0.3) is 5.91 Å². The largest absolute Gasteiger partial charge is 0.480 e. The van der Waals surface area contributed by atoms with Gasteiger partial charge in [-0.3, -0.25) is 4.79 Å². The molecule has 0 aliphatic carbocycles. The van der Waals surface area contributed by atoms with E-state index in [0.717, 1.165) is 0 Å². The van der Waals surface area contributed by atoms with Crippen LogP contribution in [0.1, 0.15) is 20.3 Å². The van der Waals surface area contributed by atoms with Crippen LogP contribution in [-0.2, 0) is 9.59 Å². The van der Waals surface area contributed by atoms with Gasteiger partial charge in [0.05, 0.1) is 0 Å². The van der Waals surface area contributed by atoms with E-state index in [-0.39, 0.29) is 0 Å². The number of carbonyl (C=O) groups excluding carboxylic acids is 2. The predicted octanol–water partition coefficient (Wildman–Crippen LogP) is 1.90. The van der Waals surface area contributed by atoms with Crippen molar-refractivity contribution in [2.45, 2.75) is 44.2 Å². The average molecular weight is 350 g/mol. The number of hydrogen-bond donors (Lipinski definition) is 2. The molecular weight excluding hydrogens is 338 g/mol. The second kappa shape index (κ2) is 5.57. The highest BCUT2D eigenvalue weighted by Crippen LogP contribution is 2.47. The van der Waals surface area contributed by atoms with Gasteiger partial charge in [-0.05, 0) is 12.3 Å². The lowest BCUT2D eigenvalue weighted by atomic mass is 9.96. The van der Waals surface area contributed by atoms with Crippen molar-refractivity contribution in [2.24, 2.45) is 5.92 Å². The summed E-state index contributed by atoms with van der Waals surface area (Å²) in [4.78, 5) is 33.9. The summed E-state index contributed by atoms with van der Waals surface area (Å²) in [6.45, 7) is 2.85. The molecule has 1 rings (SSSR count). The molecule has 0 spiro atoms. The van der Waals surface area contributed by atoms with Gasteiger partial charge < -0.3 is 10.4 Å². The molecule has 2 N–H and O–H groups in total. The molecule has 1 atom stereocenters. The number of alkyl halides is 6. The van der Waals surface area contributed by atoms with Crippen LogP contribution in [0.25, 0.3) is 0 Å². The molecule has 0 unspecified atom stereocenters. The predicted molar refractivity (Wildman–Crippen MR) is 61.1 cm³/mol. The molecule has 0 bridgehead atoms. The molecule has 0 saturated carbocycles. The molecule has 132 valence electrons. The van der Waals surface area contributed by atoms with Gasteiger partial charge in [-0.2, -0.15) is 26.3 Å². The molecule has 0 aromatic rings. The fourth-order valence-corrected chi connectivity index (χ4v) is 2.14. The molecule has 1 aliphatic rings. The molecule has 1 aliphatic heterocycles. The Morgan fingerprint density at radius 2 is 1.61 bits per heavy atom. The van der Waals surface area contributed by atoms with Gasteiger partial charge in [-0.15, -0.1) is 0 Å². The highest BCUT2D eigenvalue weighted by atomic mass is 19.4. The lowest BCUT2D eigenvalue weighted by Crippen LogP contribution is -2.68. The van der Waals surface area contributed by atoms with E-state index in [2.05, 4.69) is 0 Å². The van der Waals surface area contributed by atoms with Gasteiger partial charge in [0.2, 0.25) is 0 Å². The molecule has 1 fully saturated rings. The van der Waals surface area contributed by atoms with Crippen LogP contribution >= 0.6 is 0 Å². The van der Waals surface area contributed by atoms with Crippen molar-refractivity contribution in [3.8, 4) is 0 Å². The van der Waals surface area contributed by atoms with E-state index in [0.29, 0.717) is 5.32 Å². The van der Waals surface area contributed by atoms with Gasteiger partial charge in [0, 0.05) is 0 Å². The summed E-state index contributed by atoms with van der Waals surface area (Å²) in [6, 6.07) is -4.20. The van der Waals surface area contributed by atoms with Crippen LogP contribution in [0.15, 0.2) is 0 Å². The zero-order valence-corrected chi connectivity index (χ0v) is 11.7. The van der Waals surface area contributed by atoms with Crippen LogP contribution in [0.3, 0.4) is 0 Å². The number of imide groups is 1. The van der Waals surface area contributed by atoms with Gasteiger partial charge >= 0.3 is 29.9 Å². The third-order valence-electron chi connectivity index (χ3n) is 3.19. The minimum absolute atomic E-state index is 0.500. The molecule has 12 heteroatoms. The molecule has 1 heterocycles. The highest BCUT2D eigenvalue weighted by Gasteiger charge is 2.81. The second-order valence-electron chi connectivity index (χ2n) is 5.33. The van der Waals surface area contributed by atoms with E-state index in [4.69, 9.17) is 5.11 Å². The lowest BCUT2D eigenvalue weighted by molar-refractivity contribution is -0.290. The van der Waals surface area contributed by atoms with E-state index in [1.165, 1.54) is 13.8 Å². The Labute approximate surface area is 125 Å². The maximum Gasteiger partial charge on any atom is 0.429 e. The fraction of sp³-hybridized carbons (Fsp3) is 0.727. The maximum absolute atomic E-state index is 12.9. The van der Waals surface area contributed by atoms with Crippen molar-refractivity contribution >= 4 is 17.9 Å². The summed E-state index contributed by atoms with van der Waals surface area (Å²) >= 11 is 0. The maximum atomic E-state index is 12.9. The quantitative estimate of drug-likeness (QED) is 0.599. The minimum Gasteiger partial charge on any atom is -0.480 e. The van der Waals surface area contributed by atoms with E-state index in [1.54, 1.807) is 0 Å². The first kappa shape index (κ1) is 19.0. The van der Waals surface area contributed by atoms with E-state index in [1.807, 2.05) is 0 Å². The van der Waals surface area contributed by atoms with Gasteiger partial charge in [-0.25, -0.2) is 14.5 Å². The number of urea groups is 1. The summed E-state index contributed by atoms with van der Waals surface area (Å²) in [5.41, 5.74) is -5.15. The number of nitrogens with one attached hydrogen (secondary N) is 1. The van der Waals surface area contributed by atoms with Crippen molar-refractivity contribution in [3.63, 3.8) is 0 Å². The van der Waals surface area contributed by atoms with Crippen LogP contribution < -0.4 is 5.32 Å². The molecule has 23 heavy (non-hydrogen) atoms. The minimum atomic E-state index is -6.19. The third-order valence-corrected chi connectivity index (χ3v) is 3.19. The molecule has 0 radical (unpaired) electrons. The molecule has 0 aromatic carbocycles. The van der Waals surface area contributed by atoms with Gasteiger partial charge in [0.1, 0.15) is 6.04 Å². The zero-order valence-electron chi connectivity index (χ0n) is 11.7. The van der Waals surface area contributed by atoms with Crippen molar-refractivity contribution < 1.29 is 45.8 Å². The van der Waals surface area contributed by atoms with Crippen LogP contribution in [0.4, 0.5) is 31.1 Å². The number of carboxylic acids is 1. The first-order valence-electron chi connectivity index (χ1n) is 6.19. The van der Waals surface area contributed by atoms with Crippen molar-refractivity contribution in [3.05, 3.63) is 0 Å². The second-order valence-corrected chi connectivity index (χ2v) is 5.33. The Morgan fingerprint density at radius 1 is 1.17 bits per heavy atom. The van der Waals surface area contributed by atoms with E-state index in [9.17, 15) is 40.7 Å². The normalized spacial score (nSPS) is 20.0.